The molecule has 0 saturated heterocycles. The van der Waals surface area contributed by atoms with E-state index in [1.807, 2.05) is 33.8 Å². The van der Waals surface area contributed by atoms with E-state index in [1.165, 1.54) is 0 Å². The first kappa shape index (κ1) is 16.1. The zero-order valence-electron chi connectivity index (χ0n) is 12.1. The van der Waals surface area contributed by atoms with Gasteiger partial charge in [0.05, 0.1) is 4.90 Å². The number of hydrogen-bond acceptors (Lipinski definition) is 3. The van der Waals surface area contributed by atoms with Crippen LogP contribution in [0.5, 0.6) is 0 Å². The predicted octanol–water partition coefficient (Wildman–Crippen LogP) is 2.42. The van der Waals surface area contributed by atoms with Gasteiger partial charge in [0.2, 0.25) is 10.0 Å². The maximum Gasteiger partial charge on any atom is 0.240 e. The van der Waals surface area contributed by atoms with Crippen LogP contribution in [0.25, 0.3) is 0 Å². The average molecular weight is 284 g/mol. The number of hydrogen-bond donors (Lipinski definition) is 2. The SMILES string of the molecule is CCC(N)c1cccc(S(=O)(=O)NC(C)C(C)C)c1. The zero-order chi connectivity index (χ0) is 14.6. The van der Waals surface area contributed by atoms with Gasteiger partial charge in [0.25, 0.3) is 0 Å². The highest BCUT2D eigenvalue weighted by Crippen LogP contribution is 2.18. The van der Waals surface area contributed by atoms with E-state index in [0.717, 1.165) is 12.0 Å². The minimum Gasteiger partial charge on any atom is -0.324 e. The molecule has 1 aromatic rings. The molecule has 0 bridgehead atoms. The van der Waals surface area contributed by atoms with Crippen molar-refractivity contribution in [2.75, 3.05) is 0 Å². The third-order valence-corrected chi connectivity index (χ3v) is 4.93. The van der Waals surface area contributed by atoms with E-state index in [0.29, 0.717) is 0 Å². The normalized spacial score (nSPS) is 15.5. The molecule has 5 heteroatoms. The van der Waals surface area contributed by atoms with Crippen LogP contribution in [0, 0.1) is 5.92 Å². The summed E-state index contributed by atoms with van der Waals surface area (Å²) in [5, 5.41) is 0. The minimum absolute atomic E-state index is 0.103. The van der Waals surface area contributed by atoms with Crippen LogP contribution in [0.15, 0.2) is 29.2 Å². The van der Waals surface area contributed by atoms with Gasteiger partial charge in [0.1, 0.15) is 0 Å². The predicted molar refractivity (Wildman–Crippen MR) is 78.3 cm³/mol. The number of nitrogens with two attached hydrogens (primary N) is 1. The van der Waals surface area contributed by atoms with E-state index in [2.05, 4.69) is 4.72 Å². The molecule has 0 saturated carbocycles. The largest absolute Gasteiger partial charge is 0.324 e. The van der Waals surface area contributed by atoms with E-state index >= 15 is 0 Å². The molecule has 2 unspecified atom stereocenters. The van der Waals surface area contributed by atoms with Crippen LogP contribution >= 0.6 is 0 Å². The molecule has 4 nitrogen and oxygen atoms in total. The van der Waals surface area contributed by atoms with Crippen LogP contribution in [0.3, 0.4) is 0 Å². The van der Waals surface area contributed by atoms with E-state index < -0.39 is 10.0 Å². The highest BCUT2D eigenvalue weighted by molar-refractivity contribution is 7.89. The monoisotopic (exact) mass is 284 g/mol. The Bertz CT molecular complexity index is 512. The number of nitrogens with one attached hydrogen (secondary N) is 1. The van der Waals surface area contributed by atoms with Crippen LogP contribution in [0.4, 0.5) is 0 Å². The Labute approximate surface area is 116 Å². The zero-order valence-corrected chi connectivity index (χ0v) is 12.9. The molecule has 1 aromatic carbocycles. The molecule has 0 aliphatic heterocycles. The van der Waals surface area contributed by atoms with Crippen LogP contribution in [0.1, 0.15) is 45.7 Å². The lowest BCUT2D eigenvalue weighted by molar-refractivity contribution is 0.476. The maximum atomic E-state index is 12.3. The first-order valence-electron chi connectivity index (χ1n) is 6.65. The Morgan fingerprint density at radius 2 is 1.89 bits per heavy atom. The Kier molecular flexibility index (Phi) is 5.52. The topological polar surface area (TPSA) is 72.2 Å². The first-order valence-corrected chi connectivity index (χ1v) is 8.14. The summed E-state index contributed by atoms with van der Waals surface area (Å²) in [5.41, 5.74) is 6.79. The lowest BCUT2D eigenvalue weighted by Gasteiger charge is -2.18. The highest BCUT2D eigenvalue weighted by Gasteiger charge is 2.19. The highest BCUT2D eigenvalue weighted by atomic mass is 32.2. The second-order valence-corrected chi connectivity index (χ2v) is 6.96. The number of rotatable bonds is 6. The van der Waals surface area contributed by atoms with Gasteiger partial charge in [-0.25, -0.2) is 13.1 Å². The van der Waals surface area contributed by atoms with Crippen LogP contribution < -0.4 is 10.5 Å². The van der Waals surface area contributed by atoms with Crippen molar-refractivity contribution in [3.8, 4) is 0 Å². The number of sulfonamides is 1. The smallest absolute Gasteiger partial charge is 0.240 e. The van der Waals surface area contributed by atoms with Gasteiger partial charge in [-0.3, -0.25) is 0 Å². The van der Waals surface area contributed by atoms with E-state index in [1.54, 1.807) is 18.2 Å². The van der Waals surface area contributed by atoms with Gasteiger partial charge in [-0.15, -0.1) is 0 Å². The Balaban J connectivity index is 3.02. The summed E-state index contributed by atoms with van der Waals surface area (Å²) >= 11 is 0. The van der Waals surface area contributed by atoms with Crippen LogP contribution in [0.2, 0.25) is 0 Å². The van der Waals surface area contributed by atoms with Crippen molar-refractivity contribution in [3.05, 3.63) is 29.8 Å². The summed E-state index contributed by atoms with van der Waals surface area (Å²) in [6, 6.07) is 6.62. The molecule has 0 amide bonds. The van der Waals surface area contributed by atoms with Crippen molar-refractivity contribution in [3.63, 3.8) is 0 Å². The third-order valence-electron chi connectivity index (χ3n) is 3.38. The lowest BCUT2D eigenvalue weighted by Crippen LogP contribution is -2.36. The van der Waals surface area contributed by atoms with Crippen LogP contribution in [-0.4, -0.2) is 14.5 Å². The fraction of sp³-hybridized carbons (Fsp3) is 0.571. The molecule has 0 spiro atoms. The summed E-state index contributed by atoms with van der Waals surface area (Å²) in [4.78, 5) is 0.279. The molecule has 0 aromatic heterocycles. The van der Waals surface area contributed by atoms with Crippen molar-refractivity contribution in [2.45, 2.75) is 51.1 Å². The van der Waals surface area contributed by atoms with Crippen molar-refractivity contribution in [2.24, 2.45) is 11.7 Å². The van der Waals surface area contributed by atoms with Crippen molar-refractivity contribution in [1.29, 1.82) is 0 Å². The summed E-state index contributed by atoms with van der Waals surface area (Å²) in [7, 11) is -3.47. The molecule has 19 heavy (non-hydrogen) atoms. The summed E-state index contributed by atoms with van der Waals surface area (Å²) in [6.45, 7) is 7.81. The summed E-state index contributed by atoms with van der Waals surface area (Å²) in [5.74, 6) is 0.246. The Morgan fingerprint density at radius 3 is 2.42 bits per heavy atom. The summed E-state index contributed by atoms with van der Waals surface area (Å²) in [6.07, 6.45) is 0.777. The molecular formula is C14H24N2O2S. The average Bonchev–Trinajstić information content (AvgIpc) is 2.37. The van der Waals surface area contributed by atoms with Gasteiger partial charge < -0.3 is 5.73 Å². The molecular weight excluding hydrogens is 260 g/mol. The van der Waals surface area contributed by atoms with Gasteiger partial charge in [0.15, 0.2) is 0 Å². The lowest BCUT2D eigenvalue weighted by atomic mass is 10.1. The minimum atomic E-state index is -3.47. The molecule has 0 aliphatic carbocycles. The van der Waals surface area contributed by atoms with E-state index in [4.69, 9.17) is 5.73 Å². The first-order chi connectivity index (χ1) is 8.77. The molecule has 0 radical (unpaired) electrons. The van der Waals surface area contributed by atoms with Gasteiger partial charge >= 0.3 is 0 Å². The van der Waals surface area contributed by atoms with Crippen LogP contribution in [-0.2, 0) is 10.0 Å². The molecule has 108 valence electrons. The van der Waals surface area contributed by atoms with E-state index in [9.17, 15) is 8.42 Å². The van der Waals surface area contributed by atoms with Crippen molar-refractivity contribution >= 4 is 10.0 Å². The molecule has 2 atom stereocenters. The van der Waals surface area contributed by atoms with Gasteiger partial charge in [-0.05, 0) is 37.0 Å². The van der Waals surface area contributed by atoms with Crippen molar-refractivity contribution < 1.29 is 8.42 Å². The fourth-order valence-corrected chi connectivity index (χ4v) is 3.04. The standard InChI is InChI=1S/C14H24N2O2S/c1-5-14(15)12-7-6-8-13(9-12)19(17,18)16-11(4)10(2)3/h6-11,14,16H,5,15H2,1-4H3. The molecule has 1 rings (SSSR count). The van der Waals surface area contributed by atoms with Gasteiger partial charge in [-0.2, -0.15) is 0 Å². The van der Waals surface area contributed by atoms with Gasteiger partial charge in [-0.1, -0.05) is 32.9 Å². The Morgan fingerprint density at radius 1 is 1.26 bits per heavy atom. The molecule has 0 aliphatic rings. The molecule has 0 heterocycles. The summed E-state index contributed by atoms with van der Waals surface area (Å²) < 4.78 is 27.2. The Hall–Kier alpha value is -0.910. The maximum absolute atomic E-state index is 12.3. The quantitative estimate of drug-likeness (QED) is 0.842. The second kappa shape index (κ2) is 6.50. The molecule has 0 fully saturated rings. The third kappa shape index (κ3) is 4.30. The van der Waals surface area contributed by atoms with Crippen molar-refractivity contribution in [1.82, 2.24) is 4.72 Å². The fourth-order valence-electron chi connectivity index (χ4n) is 1.60. The van der Waals surface area contributed by atoms with Gasteiger partial charge in [0, 0.05) is 12.1 Å². The molecule has 3 N–H and O–H groups in total. The second-order valence-electron chi connectivity index (χ2n) is 5.24. The van der Waals surface area contributed by atoms with E-state index in [-0.39, 0.29) is 22.9 Å². The number of benzene rings is 1.